The molecule has 4 nitrogen and oxygen atoms in total. The lowest BCUT2D eigenvalue weighted by atomic mass is 10.1. The number of aromatic nitrogens is 2. The van der Waals surface area contributed by atoms with Crippen molar-refractivity contribution >= 4 is 5.91 Å². The number of rotatable bonds is 3. The molecule has 0 aliphatic carbocycles. The molecule has 2 rings (SSSR count). The van der Waals surface area contributed by atoms with Crippen molar-refractivity contribution in [1.82, 2.24) is 9.78 Å². The van der Waals surface area contributed by atoms with E-state index >= 15 is 0 Å². The van der Waals surface area contributed by atoms with Gasteiger partial charge in [-0.3, -0.25) is 9.48 Å². The van der Waals surface area contributed by atoms with Gasteiger partial charge in [-0.2, -0.15) is 5.10 Å². The molecule has 2 aromatic rings. The van der Waals surface area contributed by atoms with Crippen molar-refractivity contribution in [3.8, 4) is 0 Å². The Balaban J connectivity index is 2.34. The molecule has 0 atom stereocenters. The van der Waals surface area contributed by atoms with Crippen LogP contribution in [0.4, 0.5) is 0 Å². The summed E-state index contributed by atoms with van der Waals surface area (Å²) >= 11 is 0. The third-order valence-corrected chi connectivity index (χ3v) is 2.54. The molecule has 1 aromatic carbocycles. The zero-order chi connectivity index (χ0) is 11.5. The zero-order valence-electron chi connectivity index (χ0n) is 9.05. The summed E-state index contributed by atoms with van der Waals surface area (Å²) in [6.45, 7) is 0. The van der Waals surface area contributed by atoms with E-state index in [1.165, 1.54) is 6.20 Å². The lowest BCUT2D eigenvalue weighted by Gasteiger charge is -2.04. The predicted molar refractivity (Wildman–Crippen MR) is 61.0 cm³/mol. The number of nitrogens with zero attached hydrogens (tertiary/aromatic N) is 2. The van der Waals surface area contributed by atoms with E-state index in [9.17, 15) is 4.79 Å². The molecular weight excluding hydrogens is 202 g/mol. The average molecular weight is 215 g/mol. The van der Waals surface area contributed by atoms with Crippen LogP contribution in [0.3, 0.4) is 0 Å². The number of hydrogen-bond donors (Lipinski definition) is 1. The fourth-order valence-electron chi connectivity index (χ4n) is 1.67. The second kappa shape index (κ2) is 4.18. The van der Waals surface area contributed by atoms with Crippen LogP contribution < -0.4 is 5.73 Å². The molecule has 1 heterocycles. The lowest BCUT2D eigenvalue weighted by molar-refractivity contribution is 0.0999. The van der Waals surface area contributed by atoms with Gasteiger partial charge >= 0.3 is 0 Å². The number of carbonyl (C=O) groups excluding carboxylic acids is 1. The molecule has 2 N–H and O–H groups in total. The maximum atomic E-state index is 11.2. The first-order valence-electron chi connectivity index (χ1n) is 5.03. The van der Waals surface area contributed by atoms with Crippen molar-refractivity contribution in [2.75, 3.05) is 0 Å². The highest BCUT2D eigenvalue weighted by atomic mass is 16.1. The number of nitrogens with two attached hydrogens (primary N) is 1. The fraction of sp³-hybridized carbons (Fsp3) is 0.167. The van der Waals surface area contributed by atoms with Crippen LogP contribution in [0.15, 0.2) is 36.5 Å². The number of benzene rings is 1. The minimum atomic E-state index is -0.431. The summed E-state index contributed by atoms with van der Waals surface area (Å²) in [6.07, 6.45) is 2.18. The van der Waals surface area contributed by atoms with Gasteiger partial charge in [0.1, 0.15) is 0 Å². The Morgan fingerprint density at radius 2 is 2.06 bits per heavy atom. The van der Waals surface area contributed by atoms with E-state index in [4.69, 9.17) is 5.73 Å². The van der Waals surface area contributed by atoms with Crippen LogP contribution in [0.2, 0.25) is 0 Å². The van der Waals surface area contributed by atoms with Gasteiger partial charge in [-0.25, -0.2) is 0 Å². The highest BCUT2D eigenvalue weighted by molar-refractivity contribution is 5.93. The number of amides is 1. The van der Waals surface area contributed by atoms with Crippen LogP contribution in [0.5, 0.6) is 0 Å². The molecule has 1 aromatic heterocycles. The van der Waals surface area contributed by atoms with E-state index in [1.807, 2.05) is 37.4 Å². The monoisotopic (exact) mass is 215 g/mol. The number of aryl methyl sites for hydroxylation is 1. The van der Waals surface area contributed by atoms with Crippen LogP contribution in [-0.4, -0.2) is 15.7 Å². The molecular formula is C12H13N3O. The first kappa shape index (κ1) is 10.4. The normalized spacial score (nSPS) is 10.3. The molecule has 0 aliphatic heterocycles. The predicted octanol–water partition coefficient (Wildman–Crippen LogP) is 1.11. The molecule has 0 radical (unpaired) electrons. The summed E-state index contributed by atoms with van der Waals surface area (Å²) in [5, 5.41) is 4.05. The Hall–Kier alpha value is -2.10. The first-order chi connectivity index (χ1) is 7.68. The minimum Gasteiger partial charge on any atom is -0.365 e. The smallest absolute Gasteiger partial charge is 0.252 e. The third-order valence-electron chi connectivity index (χ3n) is 2.54. The van der Waals surface area contributed by atoms with Crippen LogP contribution in [0.25, 0.3) is 0 Å². The van der Waals surface area contributed by atoms with Gasteiger partial charge in [0.05, 0.1) is 17.5 Å². The molecule has 1 amide bonds. The van der Waals surface area contributed by atoms with Crippen molar-refractivity contribution in [3.05, 3.63) is 53.3 Å². The molecule has 16 heavy (non-hydrogen) atoms. The van der Waals surface area contributed by atoms with Gasteiger partial charge in [0.15, 0.2) is 0 Å². The summed E-state index contributed by atoms with van der Waals surface area (Å²) in [5.74, 6) is -0.431. The van der Waals surface area contributed by atoms with Gasteiger partial charge in [0, 0.05) is 13.5 Å². The number of carbonyl (C=O) groups is 1. The van der Waals surface area contributed by atoms with E-state index < -0.39 is 5.91 Å². The van der Waals surface area contributed by atoms with Crippen molar-refractivity contribution in [1.29, 1.82) is 0 Å². The highest BCUT2D eigenvalue weighted by Crippen LogP contribution is 2.12. The van der Waals surface area contributed by atoms with Gasteiger partial charge in [-0.1, -0.05) is 30.3 Å². The molecule has 4 heteroatoms. The molecule has 82 valence electrons. The maximum absolute atomic E-state index is 11.2. The molecule has 0 fully saturated rings. The van der Waals surface area contributed by atoms with Gasteiger partial charge in [-0.15, -0.1) is 0 Å². The Morgan fingerprint density at radius 3 is 2.69 bits per heavy atom. The molecule has 0 saturated heterocycles. The van der Waals surface area contributed by atoms with Crippen molar-refractivity contribution in [2.24, 2.45) is 12.8 Å². The largest absolute Gasteiger partial charge is 0.365 e. The van der Waals surface area contributed by atoms with E-state index in [2.05, 4.69) is 5.10 Å². The first-order valence-corrected chi connectivity index (χ1v) is 5.03. The Morgan fingerprint density at radius 1 is 1.38 bits per heavy atom. The molecule has 0 spiro atoms. The van der Waals surface area contributed by atoms with Gasteiger partial charge in [-0.05, 0) is 5.56 Å². The lowest BCUT2D eigenvalue weighted by Crippen LogP contribution is -2.14. The highest BCUT2D eigenvalue weighted by Gasteiger charge is 2.13. The van der Waals surface area contributed by atoms with E-state index in [0.717, 1.165) is 11.3 Å². The van der Waals surface area contributed by atoms with E-state index in [1.54, 1.807) is 4.68 Å². The average Bonchev–Trinajstić information content (AvgIpc) is 2.62. The van der Waals surface area contributed by atoms with Crippen LogP contribution in [0, 0.1) is 0 Å². The van der Waals surface area contributed by atoms with Gasteiger partial charge in [0.2, 0.25) is 0 Å². The zero-order valence-corrected chi connectivity index (χ0v) is 9.05. The summed E-state index contributed by atoms with van der Waals surface area (Å²) < 4.78 is 1.69. The third kappa shape index (κ3) is 1.95. The van der Waals surface area contributed by atoms with E-state index in [0.29, 0.717) is 12.0 Å². The topological polar surface area (TPSA) is 60.9 Å². The van der Waals surface area contributed by atoms with Crippen molar-refractivity contribution < 1.29 is 4.79 Å². The summed E-state index contributed by atoms with van der Waals surface area (Å²) in [5.41, 5.74) is 7.76. The molecule has 0 bridgehead atoms. The number of hydrogen-bond acceptors (Lipinski definition) is 2. The summed E-state index contributed by atoms with van der Waals surface area (Å²) in [4.78, 5) is 11.2. The van der Waals surface area contributed by atoms with Crippen molar-refractivity contribution in [3.63, 3.8) is 0 Å². The quantitative estimate of drug-likeness (QED) is 0.833. The standard InChI is InChI=1S/C12H13N3O/c1-15-11(10(8-14-15)12(13)16)7-9-5-3-2-4-6-9/h2-6,8H,7H2,1H3,(H2,13,16). The number of primary amides is 1. The van der Waals surface area contributed by atoms with Crippen LogP contribution >= 0.6 is 0 Å². The Bertz CT molecular complexity index is 502. The minimum absolute atomic E-state index is 0.431. The van der Waals surface area contributed by atoms with Crippen LogP contribution in [-0.2, 0) is 13.5 Å². The Labute approximate surface area is 93.7 Å². The second-order valence-electron chi connectivity index (χ2n) is 3.66. The second-order valence-corrected chi connectivity index (χ2v) is 3.66. The van der Waals surface area contributed by atoms with E-state index in [-0.39, 0.29) is 0 Å². The van der Waals surface area contributed by atoms with Gasteiger partial charge < -0.3 is 5.73 Å². The summed E-state index contributed by atoms with van der Waals surface area (Å²) in [7, 11) is 1.81. The molecule has 0 aliphatic rings. The summed E-state index contributed by atoms with van der Waals surface area (Å²) in [6, 6.07) is 9.92. The molecule has 0 saturated carbocycles. The SMILES string of the molecule is Cn1ncc(C(N)=O)c1Cc1ccccc1. The van der Waals surface area contributed by atoms with Gasteiger partial charge in [0.25, 0.3) is 5.91 Å². The molecule has 0 unspecified atom stereocenters. The maximum Gasteiger partial charge on any atom is 0.252 e. The van der Waals surface area contributed by atoms with Crippen molar-refractivity contribution in [2.45, 2.75) is 6.42 Å². The fourth-order valence-corrected chi connectivity index (χ4v) is 1.67. The Kier molecular flexibility index (Phi) is 2.72. The van der Waals surface area contributed by atoms with Crippen LogP contribution in [0.1, 0.15) is 21.6 Å².